The Kier molecular flexibility index (Phi) is 5.11. The SMILES string of the molecule is COc1cccc(/C=N/NC(=O)c2cc(-c3ccccc3Cl)n[nH]2)c1. The van der Waals surface area contributed by atoms with E-state index in [0.717, 1.165) is 11.1 Å². The van der Waals surface area contributed by atoms with Gasteiger partial charge >= 0.3 is 0 Å². The fraction of sp³-hybridized carbons (Fsp3) is 0.0556. The van der Waals surface area contributed by atoms with Crippen molar-refractivity contribution >= 4 is 23.7 Å². The highest BCUT2D eigenvalue weighted by molar-refractivity contribution is 6.33. The van der Waals surface area contributed by atoms with Gasteiger partial charge in [-0.05, 0) is 29.8 Å². The van der Waals surface area contributed by atoms with Crippen LogP contribution >= 0.6 is 11.6 Å². The molecular weight excluding hydrogens is 340 g/mol. The van der Waals surface area contributed by atoms with Crippen molar-refractivity contribution in [3.05, 3.63) is 70.9 Å². The Hall–Kier alpha value is -3.12. The molecule has 0 bridgehead atoms. The minimum absolute atomic E-state index is 0.290. The molecule has 0 saturated carbocycles. The first-order valence-electron chi connectivity index (χ1n) is 7.45. The lowest BCUT2D eigenvalue weighted by molar-refractivity contribution is 0.0950. The summed E-state index contributed by atoms with van der Waals surface area (Å²) in [7, 11) is 1.59. The molecule has 7 heteroatoms. The number of benzene rings is 2. The summed E-state index contributed by atoms with van der Waals surface area (Å²) in [6.45, 7) is 0. The molecule has 126 valence electrons. The van der Waals surface area contributed by atoms with E-state index >= 15 is 0 Å². The zero-order chi connectivity index (χ0) is 17.6. The number of methoxy groups -OCH3 is 1. The van der Waals surface area contributed by atoms with Crippen molar-refractivity contribution in [1.29, 1.82) is 0 Å². The van der Waals surface area contributed by atoms with E-state index in [0.29, 0.717) is 16.5 Å². The number of amides is 1. The molecule has 2 aromatic carbocycles. The quantitative estimate of drug-likeness (QED) is 0.543. The van der Waals surface area contributed by atoms with E-state index in [1.165, 1.54) is 6.21 Å². The number of halogens is 1. The summed E-state index contributed by atoms with van der Waals surface area (Å²) in [4.78, 5) is 12.1. The molecule has 3 aromatic rings. The van der Waals surface area contributed by atoms with Crippen LogP contribution in [0.25, 0.3) is 11.3 Å². The van der Waals surface area contributed by atoms with Gasteiger partial charge in [0.2, 0.25) is 0 Å². The first-order chi connectivity index (χ1) is 12.2. The minimum atomic E-state index is -0.398. The molecule has 0 aliphatic rings. The van der Waals surface area contributed by atoms with Crippen molar-refractivity contribution in [2.24, 2.45) is 5.10 Å². The van der Waals surface area contributed by atoms with Crippen LogP contribution in [0.5, 0.6) is 5.75 Å². The number of carbonyl (C=O) groups is 1. The van der Waals surface area contributed by atoms with Crippen molar-refractivity contribution in [2.75, 3.05) is 7.11 Å². The molecule has 6 nitrogen and oxygen atoms in total. The molecule has 0 saturated heterocycles. The summed E-state index contributed by atoms with van der Waals surface area (Å²) in [5.74, 6) is 0.318. The number of carbonyl (C=O) groups excluding carboxylic acids is 1. The minimum Gasteiger partial charge on any atom is -0.497 e. The Morgan fingerprint density at radius 2 is 2.08 bits per heavy atom. The van der Waals surface area contributed by atoms with E-state index in [2.05, 4.69) is 20.7 Å². The molecule has 1 aromatic heterocycles. The van der Waals surface area contributed by atoms with Gasteiger partial charge in [0.1, 0.15) is 11.4 Å². The highest BCUT2D eigenvalue weighted by Crippen LogP contribution is 2.26. The zero-order valence-electron chi connectivity index (χ0n) is 13.4. The maximum atomic E-state index is 12.1. The Morgan fingerprint density at radius 1 is 1.24 bits per heavy atom. The van der Waals surface area contributed by atoms with Gasteiger partial charge in [-0.1, -0.05) is 41.9 Å². The molecule has 0 atom stereocenters. The zero-order valence-corrected chi connectivity index (χ0v) is 14.1. The fourth-order valence-corrected chi connectivity index (χ4v) is 2.42. The van der Waals surface area contributed by atoms with Gasteiger partial charge in [0.25, 0.3) is 5.91 Å². The van der Waals surface area contributed by atoms with E-state index in [-0.39, 0.29) is 5.69 Å². The number of nitrogens with one attached hydrogen (secondary N) is 2. The lowest BCUT2D eigenvalue weighted by atomic mass is 10.1. The molecule has 0 radical (unpaired) electrons. The van der Waals surface area contributed by atoms with Crippen molar-refractivity contribution < 1.29 is 9.53 Å². The molecule has 0 unspecified atom stereocenters. The Morgan fingerprint density at radius 3 is 2.88 bits per heavy atom. The number of hydrogen-bond donors (Lipinski definition) is 2. The molecule has 0 fully saturated rings. The summed E-state index contributed by atoms with van der Waals surface area (Å²) in [6.07, 6.45) is 1.53. The lowest BCUT2D eigenvalue weighted by Crippen LogP contribution is -2.18. The Balaban J connectivity index is 1.68. The first kappa shape index (κ1) is 16.7. The van der Waals surface area contributed by atoms with Crippen LogP contribution in [-0.4, -0.2) is 29.4 Å². The van der Waals surface area contributed by atoms with Crippen molar-refractivity contribution in [2.45, 2.75) is 0 Å². The van der Waals surface area contributed by atoms with Gasteiger partial charge in [-0.3, -0.25) is 9.89 Å². The smallest absolute Gasteiger partial charge is 0.289 e. The number of aromatic nitrogens is 2. The monoisotopic (exact) mass is 354 g/mol. The summed E-state index contributed by atoms with van der Waals surface area (Å²) in [6, 6.07) is 16.2. The van der Waals surface area contributed by atoms with Crippen molar-refractivity contribution in [3.63, 3.8) is 0 Å². The molecule has 0 aliphatic carbocycles. The van der Waals surface area contributed by atoms with Gasteiger partial charge in [0, 0.05) is 5.56 Å². The fourth-order valence-electron chi connectivity index (χ4n) is 2.19. The third-order valence-electron chi connectivity index (χ3n) is 3.45. The molecule has 1 amide bonds. The summed E-state index contributed by atoms with van der Waals surface area (Å²) in [5, 5.41) is 11.3. The first-order valence-corrected chi connectivity index (χ1v) is 7.83. The van der Waals surface area contributed by atoms with Crippen LogP contribution in [0, 0.1) is 0 Å². The van der Waals surface area contributed by atoms with Crippen LogP contribution in [0.1, 0.15) is 16.1 Å². The van der Waals surface area contributed by atoms with Gasteiger partial charge in [0.15, 0.2) is 0 Å². The highest BCUT2D eigenvalue weighted by atomic mass is 35.5. The van der Waals surface area contributed by atoms with Crippen molar-refractivity contribution in [1.82, 2.24) is 15.6 Å². The van der Waals surface area contributed by atoms with E-state index in [4.69, 9.17) is 16.3 Å². The molecule has 0 aliphatic heterocycles. The van der Waals surface area contributed by atoms with Gasteiger partial charge < -0.3 is 4.74 Å². The molecule has 2 N–H and O–H groups in total. The molecule has 25 heavy (non-hydrogen) atoms. The van der Waals surface area contributed by atoms with Crippen LogP contribution in [0.2, 0.25) is 5.02 Å². The van der Waals surface area contributed by atoms with Crippen LogP contribution in [0.4, 0.5) is 0 Å². The number of hydrogen-bond acceptors (Lipinski definition) is 4. The highest BCUT2D eigenvalue weighted by Gasteiger charge is 2.12. The second-order valence-electron chi connectivity index (χ2n) is 5.12. The topological polar surface area (TPSA) is 79.4 Å². The van der Waals surface area contributed by atoms with Crippen LogP contribution in [0.3, 0.4) is 0 Å². The molecule has 3 rings (SSSR count). The van der Waals surface area contributed by atoms with Crippen LogP contribution < -0.4 is 10.2 Å². The third kappa shape index (κ3) is 4.05. The van der Waals surface area contributed by atoms with Gasteiger partial charge in [-0.2, -0.15) is 10.2 Å². The molecule has 0 spiro atoms. The van der Waals surface area contributed by atoms with Gasteiger partial charge in [0.05, 0.1) is 24.0 Å². The predicted molar refractivity (Wildman–Crippen MR) is 97.1 cm³/mol. The lowest BCUT2D eigenvalue weighted by Gasteiger charge is -2.00. The summed E-state index contributed by atoms with van der Waals surface area (Å²) >= 11 is 6.14. The predicted octanol–water partition coefficient (Wildman–Crippen LogP) is 3.50. The number of hydrazone groups is 1. The van der Waals surface area contributed by atoms with E-state index in [1.54, 1.807) is 25.3 Å². The normalized spacial score (nSPS) is 10.8. The molecule has 1 heterocycles. The standard InChI is InChI=1S/C18H15ClN4O2/c1-25-13-6-4-5-12(9-13)11-20-23-18(24)17-10-16(21-22-17)14-7-2-3-8-15(14)19/h2-11H,1H3,(H,21,22)(H,23,24)/b20-11+. The van der Waals surface area contributed by atoms with E-state index in [1.807, 2.05) is 36.4 Å². The summed E-state index contributed by atoms with van der Waals surface area (Å²) in [5.41, 5.74) is 4.89. The largest absolute Gasteiger partial charge is 0.497 e. The number of H-pyrrole nitrogens is 1. The van der Waals surface area contributed by atoms with E-state index in [9.17, 15) is 4.79 Å². The number of nitrogens with zero attached hydrogens (tertiary/aromatic N) is 2. The number of ether oxygens (including phenoxy) is 1. The van der Waals surface area contributed by atoms with E-state index < -0.39 is 5.91 Å². The van der Waals surface area contributed by atoms with Gasteiger partial charge in [-0.25, -0.2) is 5.43 Å². The third-order valence-corrected chi connectivity index (χ3v) is 3.78. The molecular formula is C18H15ClN4O2. The van der Waals surface area contributed by atoms with Crippen molar-refractivity contribution in [3.8, 4) is 17.0 Å². The van der Waals surface area contributed by atoms with Crippen LogP contribution in [-0.2, 0) is 0 Å². The second-order valence-corrected chi connectivity index (χ2v) is 5.53. The van der Waals surface area contributed by atoms with Crippen LogP contribution in [0.15, 0.2) is 59.7 Å². The average molecular weight is 355 g/mol. The summed E-state index contributed by atoms with van der Waals surface area (Å²) < 4.78 is 5.13. The van der Waals surface area contributed by atoms with Gasteiger partial charge in [-0.15, -0.1) is 0 Å². The second kappa shape index (κ2) is 7.63. The number of aromatic amines is 1. The maximum Gasteiger partial charge on any atom is 0.289 e. The average Bonchev–Trinajstić information content (AvgIpc) is 3.12. The Bertz CT molecular complexity index is 921. The number of rotatable bonds is 5. The Labute approximate surface area is 149 Å². The maximum absolute atomic E-state index is 12.1.